The van der Waals surface area contributed by atoms with Crippen molar-refractivity contribution in [1.29, 1.82) is 0 Å². The van der Waals surface area contributed by atoms with E-state index in [1.54, 1.807) is 17.9 Å². The molecular formula is C19H18F2N4O. The largest absolute Gasteiger partial charge is 0.494 e. The van der Waals surface area contributed by atoms with Gasteiger partial charge in [-0.25, -0.2) is 13.5 Å². The van der Waals surface area contributed by atoms with Crippen molar-refractivity contribution in [2.24, 2.45) is 0 Å². The van der Waals surface area contributed by atoms with Crippen LogP contribution in [0.2, 0.25) is 0 Å². The number of benzene rings is 2. The number of methoxy groups -OCH3 is 1. The Morgan fingerprint density at radius 3 is 2.85 bits per heavy atom. The van der Waals surface area contributed by atoms with Crippen molar-refractivity contribution in [2.45, 2.75) is 24.9 Å². The van der Waals surface area contributed by atoms with Gasteiger partial charge in [-0.05, 0) is 36.2 Å². The van der Waals surface area contributed by atoms with Crippen molar-refractivity contribution in [2.75, 3.05) is 7.11 Å². The Kier molecular flexibility index (Phi) is 4.38. The van der Waals surface area contributed by atoms with Gasteiger partial charge in [-0.15, -0.1) is 5.10 Å². The van der Waals surface area contributed by atoms with Crippen molar-refractivity contribution >= 4 is 0 Å². The van der Waals surface area contributed by atoms with Crippen LogP contribution in [0, 0.1) is 11.6 Å². The van der Waals surface area contributed by atoms with E-state index in [2.05, 4.69) is 15.6 Å². The van der Waals surface area contributed by atoms with E-state index in [1.807, 2.05) is 30.5 Å². The molecule has 0 aliphatic heterocycles. The van der Waals surface area contributed by atoms with E-state index in [-0.39, 0.29) is 12.0 Å². The lowest BCUT2D eigenvalue weighted by Gasteiger charge is -2.06. The van der Waals surface area contributed by atoms with E-state index in [1.165, 1.54) is 12.1 Å². The molecule has 4 rings (SSSR count). The van der Waals surface area contributed by atoms with Gasteiger partial charge in [0.1, 0.15) is 11.4 Å². The van der Waals surface area contributed by atoms with Crippen molar-refractivity contribution in [3.8, 4) is 11.4 Å². The molecule has 0 saturated heterocycles. The third-order valence-corrected chi connectivity index (χ3v) is 4.58. The zero-order valence-corrected chi connectivity index (χ0v) is 14.2. The number of para-hydroxylation sites is 2. The molecule has 0 unspecified atom stereocenters. The van der Waals surface area contributed by atoms with Crippen LogP contribution in [0.1, 0.15) is 23.6 Å². The first-order valence-corrected chi connectivity index (χ1v) is 8.38. The van der Waals surface area contributed by atoms with Gasteiger partial charge in [0.25, 0.3) is 0 Å². The monoisotopic (exact) mass is 356 g/mol. The Labute approximate surface area is 149 Å². The fourth-order valence-electron chi connectivity index (χ4n) is 3.08. The highest BCUT2D eigenvalue weighted by atomic mass is 19.2. The van der Waals surface area contributed by atoms with E-state index in [4.69, 9.17) is 4.74 Å². The first-order chi connectivity index (χ1) is 12.7. The fourth-order valence-corrected chi connectivity index (χ4v) is 3.08. The molecule has 2 aromatic carbocycles. The number of hydrogen-bond acceptors (Lipinski definition) is 4. The van der Waals surface area contributed by atoms with Crippen LogP contribution in [0.15, 0.2) is 48.7 Å². The van der Waals surface area contributed by atoms with Crippen molar-refractivity contribution in [3.05, 3.63) is 71.6 Å². The van der Waals surface area contributed by atoms with Crippen LogP contribution >= 0.6 is 0 Å². The van der Waals surface area contributed by atoms with Crippen molar-refractivity contribution in [1.82, 2.24) is 20.3 Å². The Hall–Kier alpha value is -2.80. The molecule has 2 atom stereocenters. The summed E-state index contributed by atoms with van der Waals surface area (Å²) in [6.45, 7) is 0.556. The number of halogens is 2. The van der Waals surface area contributed by atoms with Crippen LogP contribution in [0.4, 0.5) is 8.78 Å². The molecule has 1 N–H and O–H groups in total. The van der Waals surface area contributed by atoms with Gasteiger partial charge in [0, 0.05) is 18.5 Å². The lowest BCUT2D eigenvalue weighted by atomic mass is 10.1. The second-order valence-corrected chi connectivity index (χ2v) is 6.33. The number of aromatic nitrogens is 3. The Morgan fingerprint density at radius 2 is 2.04 bits per heavy atom. The van der Waals surface area contributed by atoms with E-state index in [0.717, 1.165) is 29.1 Å². The summed E-state index contributed by atoms with van der Waals surface area (Å²) in [4.78, 5) is 0. The zero-order chi connectivity index (χ0) is 18.1. The van der Waals surface area contributed by atoms with Crippen molar-refractivity contribution < 1.29 is 13.5 Å². The third-order valence-electron chi connectivity index (χ3n) is 4.58. The van der Waals surface area contributed by atoms with E-state index >= 15 is 0 Å². The Balaban J connectivity index is 1.38. The van der Waals surface area contributed by atoms with Gasteiger partial charge in [0.05, 0.1) is 19.0 Å². The number of nitrogens with one attached hydrogen (secondary N) is 1. The van der Waals surface area contributed by atoms with Crippen LogP contribution in [-0.4, -0.2) is 28.1 Å². The highest BCUT2D eigenvalue weighted by molar-refractivity contribution is 5.45. The molecule has 1 aliphatic carbocycles. The van der Waals surface area contributed by atoms with Gasteiger partial charge in [0.15, 0.2) is 11.6 Å². The van der Waals surface area contributed by atoms with E-state index in [9.17, 15) is 8.78 Å². The van der Waals surface area contributed by atoms with Gasteiger partial charge >= 0.3 is 0 Å². The molecule has 1 saturated carbocycles. The molecule has 1 aliphatic rings. The predicted molar refractivity (Wildman–Crippen MR) is 92.3 cm³/mol. The first kappa shape index (κ1) is 16.7. The molecule has 0 bridgehead atoms. The summed E-state index contributed by atoms with van der Waals surface area (Å²) in [6, 6.07) is 11.9. The fraction of sp³-hybridized carbons (Fsp3) is 0.263. The normalized spacial score (nSPS) is 18.7. The van der Waals surface area contributed by atoms with Crippen LogP contribution in [0.5, 0.6) is 5.75 Å². The van der Waals surface area contributed by atoms with Gasteiger partial charge in [-0.3, -0.25) is 0 Å². The van der Waals surface area contributed by atoms with Crippen LogP contribution in [-0.2, 0) is 6.54 Å². The smallest absolute Gasteiger partial charge is 0.159 e. The summed E-state index contributed by atoms with van der Waals surface area (Å²) in [5.74, 6) is -0.688. The van der Waals surface area contributed by atoms with Crippen molar-refractivity contribution in [3.63, 3.8) is 0 Å². The minimum absolute atomic E-state index is 0.203. The second kappa shape index (κ2) is 6.84. The van der Waals surface area contributed by atoms with Gasteiger partial charge < -0.3 is 10.1 Å². The number of hydrogen-bond donors (Lipinski definition) is 1. The van der Waals surface area contributed by atoms with E-state index < -0.39 is 11.6 Å². The molecule has 7 heteroatoms. The van der Waals surface area contributed by atoms with Gasteiger partial charge in [-0.2, -0.15) is 0 Å². The molecule has 1 aromatic heterocycles. The Bertz CT molecular complexity index is 927. The molecule has 0 spiro atoms. The summed E-state index contributed by atoms with van der Waals surface area (Å²) in [7, 11) is 1.61. The number of ether oxygens (including phenoxy) is 1. The lowest BCUT2D eigenvalue weighted by Crippen LogP contribution is -2.17. The standard InChI is InChI=1S/C19H18F2N4O/c1-26-19-5-3-2-4-18(19)25-11-13(23-24-25)10-22-17-9-14(17)12-6-7-15(20)16(21)8-12/h2-8,11,14,17,22H,9-10H2,1H3/t14-,17+/m0/s1. The van der Waals surface area contributed by atoms with Crippen LogP contribution in [0.3, 0.4) is 0 Å². The molecule has 0 radical (unpaired) electrons. The molecular weight excluding hydrogens is 338 g/mol. The highest BCUT2D eigenvalue weighted by Gasteiger charge is 2.38. The first-order valence-electron chi connectivity index (χ1n) is 8.38. The molecule has 5 nitrogen and oxygen atoms in total. The maximum atomic E-state index is 13.3. The third kappa shape index (κ3) is 3.30. The molecule has 26 heavy (non-hydrogen) atoms. The minimum Gasteiger partial charge on any atom is -0.494 e. The SMILES string of the molecule is COc1ccccc1-n1cc(CN[C@@H]2C[C@H]2c2ccc(F)c(F)c2)nn1. The molecule has 0 amide bonds. The second-order valence-electron chi connectivity index (χ2n) is 6.33. The highest BCUT2D eigenvalue weighted by Crippen LogP contribution is 2.41. The quantitative estimate of drug-likeness (QED) is 0.737. The average molecular weight is 356 g/mol. The predicted octanol–water partition coefficient (Wildman–Crippen LogP) is 3.20. The minimum atomic E-state index is -0.813. The molecule has 134 valence electrons. The molecule has 1 fully saturated rings. The van der Waals surface area contributed by atoms with Gasteiger partial charge in [-0.1, -0.05) is 23.4 Å². The molecule has 1 heterocycles. The summed E-state index contributed by atoms with van der Waals surface area (Å²) in [5, 5.41) is 11.7. The summed E-state index contributed by atoms with van der Waals surface area (Å²) >= 11 is 0. The maximum absolute atomic E-state index is 13.3. The summed E-state index contributed by atoms with van der Waals surface area (Å²) in [6.07, 6.45) is 2.74. The maximum Gasteiger partial charge on any atom is 0.159 e. The average Bonchev–Trinajstić information content (AvgIpc) is 3.29. The van der Waals surface area contributed by atoms with E-state index in [0.29, 0.717) is 6.54 Å². The molecule has 3 aromatic rings. The lowest BCUT2D eigenvalue weighted by molar-refractivity contribution is 0.411. The van der Waals surface area contributed by atoms with Gasteiger partial charge in [0.2, 0.25) is 0 Å². The van der Waals surface area contributed by atoms with Crippen LogP contribution < -0.4 is 10.1 Å². The topological polar surface area (TPSA) is 52.0 Å². The Morgan fingerprint density at radius 1 is 1.19 bits per heavy atom. The summed E-state index contributed by atoms with van der Waals surface area (Å²) < 4.78 is 33.4. The van der Waals surface area contributed by atoms with Crippen LogP contribution in [0.25, 0.3) is 5.69 Å². The summed E-state index contributed by atoms with van der Waals surface area (Å²) in [5.41, 5.74) is 2.44. The number of nitrogens with zero attached hydrogens (tertiary/aromatic N) is 3. The number of rotatable bonds is 6. The zero-order valence-electron chi connectivity index (χ0n) is 14.2.